The van der Waals surface area contributed by atoms with Gasteiger partial charge in [0, 0.05) is 12.5 Å². The summed E-state index contributed by atoms with van der Waals surface area (Å²) in [6.07, 6.45) is 2.37. The van der Waals surface area contributed by atoms with Crippen molar-refractivity contribution in [2.75, 3.05) is 12.9 Å². The third-order valence-electron chi connectivity index (χ3n) is 3.19. The van der Waals surface area contributed by atoms with Crippen LogP contribution in [0.2, 0.25) is 0 Å². The molecule has 0 N–H and O–H groups in total. The highest BCUT2D eigenvalue weighted by molar-refractivity contribution is 8.01. The fourth-order valence-corrected chi connectivity index (χ4v) is 3.56. The van der Waals surface area contributed by atoms with Crippen LogP contribution < -0.4 is 4.74 Å². The van der Waals surface area contributed by atoms with E-state index in [1.54, 1.807) is 17.8 Å². The summed E-state index contributed by atoms with van der Waals surface area (Å²) >= 11 is 1.64. The Balaban J connectivity index is 2.31. The van der Waals surface area contributed by atoms with E-state index in [-0.39, 0.29) is 5.69 Å². The maximum Gasteiger partial charge on any atom is 0.273 e. The van der Waals surface area contributed by atoms with Crippen LogP contribution in [0.25, 0.3) is 0 Å². The van der Waals surface area contributed by atoms with Crippen molar-refractivity contribution in [2.24, 2.45) is 0 Å². The molecule has 0 saturated carbocycles. The molecule has 5 nitrogen and oxygen atoms in total. The highest BCUT2D eigenvalue weighted by Crippen LogP contribution is 2.41. The van der Waals surface area contributed by atoms with Gasteiger partial charge in [-0.25, -0.2) is 0 Å². The van der Waals surface area contributed by atoms with E-state index in [0.717, 1.165) is 24.2 Å². The maximum absolute atomic E-state index is 10.9. The van der Waals surface area contributed by atoms with E-state index in [1.807, 2.05) is 0 Å². The topological polar surface area (TPSA) is 76.2 Å². The third kappa shape index (κ3) is 2.99. The molecule has 1 unspecified atom stereocenters. The summed E-state index contributed by atoms with van der Waals surface area (Å²) in [5.74, 6) is 1.43. The van der Waals surface area contributed by atoms with Crippen LogP contribution in [0.1, 0.15) is 18.4 Å². The van der Waals surface area contributed by atoms with Crippen LogP contribution in [-0.4, -0.2) is 22.5 Å². The second-order valence-electron chi connectivity index (χ2n) is 4.53. The molecule has 19 heavy (non-hydrogen) atoms. The Kier molecular flexibility index (Phi) is 3.96. The van der Waals surface area contributed by atoms with Crippen molar-refractivity contribution in [1.29, 1.82) is 5.26 Å². The van der Waals surface area contributed by atoms with E-state index >= 15 is 0 Å². The molecule has 2 rings (SSSR count). The summed E-state index contributed by atoms with van der Waals surface area (Å²) in [5, 5.41) is 20.2. The first kappa shape index (κ1) is 13.7. The number of ether oxygens (including phenoxy) is 1. The van der Waals surface area contributed by atoms with Crippen molar-refractivity contribution in [1.82, 2.24) is 0 Å². The molecule has 1 saturated heterocycles. The number of nitriles is 1. The van der Waals surface area contributed by atoms with Crippen LogP contribution in [0, 0.1) is 21.4 Å². The zero-order valence-electron chi connectivity index (χ0n) is 10.6. The second kappa shape index (κ2) is 5.49. The molecule has 1 aromatic rings. The smallest absolute Gasteiger partial charge is 0.273 e. The summed E-state index contributed by atoms with van der Waals surface area (Å²) in [7, 11) is 1.48. The van der Waals surface area contributed by atoms with Gasteiger partial charge in [-0.2, -0.15) is 5.26 Å². The Bertz CT molecular complexity index is 533. The van der Waals surface area contributed by atoms with Crippen molar-refractivity contribution in [3.05, 3.63) is 33.9 Å². The minimum Gasteiger partial charge on any atom is -0.496 e. The average Bonchev–Trinajstić information content (AvgIpc) is 2.87. The number of hydrogen-bond donors (Lipinski definition) is 0. The lowest BCUT2D eigenvalue weighted by Crippen LogP contribution is -2.21. The first-order chi connectivity index (χ1) is 9.08. The van der Waals surface area contributed by atoms with Crippen molar-refractivity contribution < 1.29 is 9.66 Å². The van der Waals surface area contributed by atoms with Gasteiger partial charge in [-0.15, -0.1) is 11.8 Å². The second-order valence-corrected chi connectivity index (χ2v) is 6.01. The monoisotopic (exact) mass is 278 g/mol. The Labute approximate surface area is 115 Å². The number of non-ortho nitro benzene ring substituents is 1. The summed E-state index contributed by atoms with van der Waals surface area (Å²) < 4.78 is 4.64. The minimum atomic E-state index is -0.444. The third-order valence-corrected chi connectivity index (χ3v) is 4.68. The van der Waals surface area contributed by atoms with E-state index in [4.69, 9.17) is 4.74 Å². The SMILES string of the molecule is COc1cc(CC2(C#N)CCCS2)cc([N+](=O)[O-])c1. The molecule has 0 aromatic heterocycles. The van der Waals surface area contributed by atoms with Gasteiger partial charge in [0.1, 0.15) is 10.5 Å². The number of methoxy groups -OCH3 is 1. The molecule has 0 bridgehead atoms. The molecule has 6 heteroatoms. The highest BCUT2D eigenvalue weighted by Gasteiger charge is 2.35. The lowest BCUT2D eigenvalue weighted by Gasteiger charge is -2.19. The van der Waals surface area contributed by atoms with E-state index < -0.39 is 9.67 Å². The summed E-state index contributed by atoms with van der Waals surface area (Å²) in [5.41, 5.74) is 0.785. The van der Waals surface area contributed by atoms with Crippen molar-refractivity contribution in [3.63, 3.8) is 0 Å². The zero-order valence-corrected chi connectivity index (χ0v) is 11.4. The van der Waals surface area contributed by atoms with Crippen LogP contribution in [-0.2, 0) is 6.42 Å². The minimum absolute atomic E-state index is 0.00503. The average molecular weight is 278 g/mol. The molecule has 1 aliphatic heterocycles. The van der Waals surface area contributed by atoms with Crippen molar-refractivity contribution in [3.8, 4) is 11.8 Å². The predicted octanol–water partition coefficient (Wildman–Crippen LogP) is 2.94. The lowest BCUT2D eigenvalue weighted by atomic mass is 9.95. The van der Waals surface area contributed by atoms with Gasteiger partial charge in [0.05, 0.1) is 24.2 Å². The lowest BCUT2D eigenvalue weighted by molar-refractivity contribution is -0.385. The Hall–Kier alpha value is -1.74. The van der Waals surface area contributed by atoms with E-state index in [2.05, 4.69) is 6.07 Å². The molecule has 100 valence electrons. The number of nitro groups is 1. The number of nitrogens with zero attached hydrogens (tertiary/aromatic N) is 2. The Morgan fingerprint density at radius 3 is 2.89 bits per heavy atom. The van der Waals surface area contributed by atoms with Crippen molar-refractivity contribution in [2.45, 2.75) is 24.0 Å². The van der Waals surface area contributed by atoms with Gasteiger partial charge in [0.2, 0.25) is 0 Å². The molecule has 1 fully saturated rings. The van der Waals surface area contributed by atoms with Gasteiger partial charge in [0.25, 0.3) is 5.69 Å². The van der Waals surface area contributed by atoms with Gasteiger partial charge in [-0.1, -0.05) is 0 Å². The molecular formula is C13H14N2O3S. The first-order valence-corrected chi connectivity index (χ1v) is 6.95. The molecule has 0 spiro atoms. The first-order valence-electron chi connectivity index (χ1n) is 5.96. The number of rotatable bonds is 4. The number of nitro benzene ring substituents is 1. The number of benzene rings is 1. The Morgan fingerprint density at radius 1 is 1.58 bits per heavy atom. The van der Waals surface area contributed by atoms with E-state index in [0.29, 0.717) is 12.2 Å². The van der Waals surface area contributed by atoms with Crippen LogP contribution in [0.3, 0.4) is 0 Å². The van der Waals surface area contributed by atoms with Gasteiger partial charge < -0.3 is 4.74 Å². The number of hydrogen-bond acceptors (Lipinski definition) is 5. The standard InChI is InChI=1S/C13H14N2O3S/c1-18-12-6-10(5-11(7-12)15(16)17)8-13(9-14)3-2-4-19-13/h5-7H,2-4,8H2,1H3. The number of thioether (sulfide) groups is 1. The van der Waals surface area contributed by atoms with Gasteiger partial charge >= 0.3 is 0 Å². The van der Waals surface area contributed by atoms with E-state index in [1.165, 1.54) is 19.2 Å². The van der Waals surface area contributed by atoms with Crippen LogP contribution in [0.15, 0.2) is 18.2 Å². The highest BCUT2D eigenvalue weighted by atomic mass is 32.2. The van der Waals surface area contributed by atoms with Gasteiger partial charge in [-0.3, -0.25) is 10.1 Å². The van der Waals surface area contributed by atoms with Crippen LogP contribution in [0.5, 0.6) is 5.75 Å². The quantitative estimate of drug-likeness (QED) is 0.625. The molecule has 1 aliphatic rings. The molecule has 1 aromatic carbocycles. The van der Waals surface area contributed by atoms with Crippen LogP contribution in [0.4, 0.5) is 5.69 Å². The molecule has 1 atom stereocenters. The molecule has 1 heterocycles. The zero-order chi connectivity index (χ0) is 13.9. The molecular weight excluding hydrogens is 264 g/mol. The summed E-state index contributed by atoms with van der Waals surface area (Å²) in [6.45, 7) is 0. The largest absolute Gasteiger partial charge is 0.496 e. The normalized spacial score (nSPS) is 21.9. The van der Waals surface area contributed by atoms with E-state index in [9.17, 15) is 15.4 Å². The molecule has 0 radical (unpaired) electrons. The Morgan fingerprint density at radius 2 is 2.37 bits per heavy atom. The van der Waals surface area contributed by atoms with Crippen LogP contribution >= 0.6 is 11.8 Å². The fraction of sp³-hybridized carbons (Fsp3) is 0.462. The predicted molar refractivity (Wildman–Crippen MR) is 73.4 cm³/mol. The fourth-order valence-electron chi connectivity index (χ4n) is 2.26. The molecule has 0 amide bonds. The summed E-state index contributed by atoms with van der Waals surface area (Å²) in [4.78, 5) is 10.5. The van der Waals surface area contributed by atoms with Gasteiger partial charge in [0.15, 0.2) is 0 Å². The van der Waals surface area contributed by atoms with Gasteiger partial charge in [-0.05, 0) is 30.2 Å². The molecule has 0 aliphatic carbocycles. The summed E-state index contributed by atoms with van der Waals surface area (Å²) in [6, 6.07) is 7.05. The van der Waals surface area contributed by atoms with Crippen molar-refractivity contribution >= 4 is 17.4 Å². The maximum atomic E-state index is 10.9.